The molecule has 0 atom stereocenters. The predicted molar refractivity (Wildman–Crippen MR) is 47.8 cm³/mol. The van der Waals surface area contributed by atoms with E-state index < -0.39 is 0 Å². The highest BCUT2D eigenvalue weighted by molar-refractivity contribution is 7.98. The van der Waals surface area contributed by atoms with Crippen LogP contribution in [-0.2, 0) is 12.2 Å². The molecule has 0 spiro atoms. The van der Waals surface area contributed by atoms with Gasteiger partial charge in [-0.15, -0.1) is 0 Å². The third kappa shape index (κ3) is 1.29. The summed E-state index contributed by atoms with van der Waals surface area (Å²) in [5.41, 5.74) is 4.01. The number of hydrogen-bond donors (Lipinski definition) is 1. The molecule has 0 saturated carbocycles. The van der Waals surface area contributed by atoms with Crippen molar-refractivity contribution >= 4 is 11.8 Å². The zero-order valence-electron chi connectivity index (χ0n) is 6.68. The Labute approximate surface area is 70.8 Å². The molecule has 60 valence electrons. The number of aromatic amines is 1. The fourth-order valence-electron chi connectivity index (χ4n) is 1.43. The highest BCUT2D eigenvalue weighted by atomic mass is 32.2. The zero-order chi connectivity index (χ0) is 7.68. The molecular formula is C8H12N2S. The van der Waals surface area contributed by atoms with E-state index in [0.717, 1.165) is 5.75 Å². The fourth-order valence-corrected chi connectivity index (χ4v) is 2.51. The van der Waals surface area contributed by atoms with Crippen LogP contribution in [0, 0.1) is 6.92 Å². The van der Waals surface area contributed by atoms with Gasteiger partial charge in [-0.25, -0.2) is 0 Å². The predicted octanol–water partition coefficient (Wildman–Crippen LogP) is 1.90. The van der Waals surface area contributed by atoms with Crippen LogP contribution in [0.5, 0.6) is 0 Å². The maximum Gasteiger partial charge on any atom is 0.0634 e. The van der Waals surface area contributed by atoms with Crippen LogP contribution >= 0.6 is 11.8 Å². The van der Waals surface area contributed by atoms with Gasteiger partial charge in [0.15, 0.2) is 0 Å². The lowest BCUT2D eigenvalue weighted by Crippen LogP contribution is -1.87. The van der Waals surface area contributed by atoms with Crippen molar-refractivity contribution in [1.29, 1.82) is 0 Å². The van der Waals surface area contributed by atoms with Gasteiger partial charge in [0, 0.05) is 17.0 Å². The second-order valence-corrected chi connectivity index (χ2v) is 4.03. The van der Waals surface area contributed by atoms with Gasteiger partial charge >= 0.3 is 0 Å². The minimum atomic E-state index is 1.15. The molecule has 0 bridgehead atoms. The third-order valence-electron chi connectivity index (χ3n) is 2.12. The summed E-state index contributed by atoms with van der Waals surface area (Å²) in [6, 6.07) is 0. The summed E-state index contributed by atoms with van der Waals surface area (Å²) in [4.78, 5) is 0. The molecule has 1 aromatic rings. The molecule has 1 aromatic heterocycles. The average Bonchev–Trinajstić information content (AvgIpc) is 2.25. The van der Waals surface area contributed by atoms with Crippen LogP contribution < -0.4 is 0 Å². The summed E-state index contributed by atoms with van der Waals surface area (Å²) in [5, 5.41) is 7.30. The first-order valence-electron chi connectivity index (χ1n) is 3.98. The Kier molecular flexibility index (Phi) is 1.90. The Morgan fingerprint density at radius 3 is 3.36 bits per heavy atom. The van der Waals surface area contributed by atoms with Crippen molar-refractivity contribution in [3.05, 3.63) is 17.0 Å². The molecule has 0 aliphatic carbocycles. The first-order valence-corrected chi connectivity index (χ1v) is 5.14. The summed E-state index contributed by atoms with van der Waals surface area (Å²) < 4.78 is 0. The van der Waals surface area contributed by atoms with Crippen molar-refractivity contribution < 1.29 is 0 Å². The van der Waals surface area contributed by atoms with E-state index in [1.807, 2.05) is 11.8 Å². The van der Waals surface area contributed by atoms with Gasteiger partial charge in [-0.1, -0.05) is 0 Å². The van der Waals surface area contributed by atoms with Gasteiger partial charge < -0.3 is 0 Å². The lowest BCUT2D eigenvalue weighted by atomic mass is 10.1. The van der Waals surface area contributed by atoms with Crippen LogP contribution in [0.15, 0.2) is 0 Å². The molecule has 1 aliphatic rings. The molecule has 2 rings (SSSR count). The maximum absolute atomic E-state index is 4.20. The van der Waals surface area contributed by atoms with Crippen LogP contribution in [0.1, 0.15) is 23.4 Å². The number of hydrogen-bond acceptors (Lipinski definition) is 2. The lowest BCUT2D eigenvalue weighted by molar-refractivity contribution is 0.874. The number of thioether (sulfide) groups is 1. The zero-order valence-corrected chi connectivity index (χ0v) is 7.50. The van der Waals surface area contributed by atoms with Crippen LogP contribution in [-0.4, -0.2) is 16.0 Å². The van der Waals surface area contributed by atoms with Crippen molar-refractivity contribution in [2.45, 2.75) is 25.5 Å². The van der Waals surface area contributed by atoms with Crippen molar-refractivity contribution in [3.63, 3.8) is 0 Å². The quantitative estimate of drug-likeness (QED) is 0.641. The van der Waals surface area contributed by atoms with Gasteiger partial charge in [-0.3, -0.25) is 5.10 Å². The topological polar surface area (TPSA) is 28.7 Å². The number of rotatable bonds is 0. The van der Waals surface area contributed by atoms with E-state index in [0.29, 0.717) is 0 Å². The molecule has 0 radical (unpaired) electrons. The van der Waals surface area contributed by atoms with Gasteiger partial charge in [0.2, 0.25) is 0 Å². The number of nitrogens with one attached hydrogen (secondary N) is 1. The van der Waals surface area contributed by atoms with Gasteiger partial charge in [0.1, 0.15) is 0 Å². The minimum Gasteiger partial charge on any atom is -0.282 e. The van der Waals surface area contributed by atoms with Crippen LogP contribution in [0.3, 0.4) is 0 Å². The molecule has 0 fully saturated rings. The molecule has 1 aliphatic heterocycles. The first kappa shape index (κ1) is 7.22. The van der Waals surface area contributed by atoms with E-state index in [1.54, 1.807) is 0 Å². The summed E-state index contributed by atoms with van der Waals surface area (Å²) >= 11 is 2.02. The molecular weight excluding hydrogens is 156 g/mol. The van der Waals surface area contributed by atoms with Gasteiger partial charge in [-0.2, -0.15) is 16.9 Å². The molecule has 2 nitrogen and oxygen atoms in total. The van der Waals surface area contributed by atoms with Gasteiger partial charge in [0.05, 0.1) is 5.69 Å². The van der Waals surface area contributed by atoms with E-state index in [1.165, 1.54) is 35.5 Å². The van der Waals surface area contributed by atoms with Gasteiger partial charge in [0.25, 0.3) is 0 Å². The fraction of sp³-hybridized carbons (Fsp3) is 0.625. The number of aryl methyl sites for hydroxylation is 2. The average molecular weight is 168 g/mol. The molecule has 0 amide bonds. The summed E-state index contributed by atoms with van der Waals surface area (Å²) in [6.07, 6.45) is 2.47. The Hall–Kier alpha value is -0.440. The number of aromatic nitrogens is 2. The summed E-state index contributed by atoms with van der Waals surface area (Å²) in [6.45, 7) is 2.08. The first-order chi connectivity index (χ1) is 5.38. The Balaban J connectivity index is 2.35. The Bertz CT molecular complexity index is 255. The Morgan fingerprint density at radius 1 is 1.55 bits per heavy atom. The van der Waals surface area contributed by atoms with Crippen LogP contribution in [0.4, 0.5) is 0 Å². The van der Waals surface area contributed by atoms with Crippen molar-refractivity contribution in [2.75, 3.05) is 5.75 Å². The van der Waals surface area contributed by atoms with E-state index in [4.69, 9.17) is 0 Å². The van der Waals surface area contributed by atoms with E-state index in [-0.39, 0.29) is 0 Å². The number of H-pyrrole nitrogens is 1. The number of fused-ring (bicyclic) bond motifs is 1. The smallest absolute Gasteiger partial charge is 0.0634 e. The molecule has 2 heterocycles. The van der Waals surface area contributed by atoms with Crippen molar-refractivity contribution in [2.24, 2.45) is 0 Å². The van der Waals surface area contributed by atoms with E-state index >= 15 is 0 Å². The maximum atomic E-state index is 4.20. The molecule has 0 aromatic carbocycles. The second kappa shape index (κ2) is 2.89. The molecule has 11 heavy (non-hydrogen) atoms. The van der Waals surface area contributed by atoms with E-state index in [2.05, 4.69) is 17.1 Å². The second-order valence-electron chi connectivity index (χ2n) is 2.92. The van der Waals surface area contributed by atoms with Crippen LogP contribution in [0.2, 0.25) is 0 Å². The normalized spacial score (nSPS) is 17.5. The Morgan fingerprint density at radius 2 is 2.45 bits per heavy atom. The largest absolute Gasteiger partial charge is 0.282 e. The van der Waals surface area contributed by atoms with E-state index in [9.17, 15) is 0 Å². The molecule has 3 heteroatoms. The lowest BCUT2D eigenvalue weighted by Gasteiger charge is -1.94. The van der Waals surface area contributed by atoms with Crippen LogP contribution in [0.25, 0.3) is 0 Å². The van der Waals surface area contributed by atoms with Crippen molar-refractivity contribution in [1.82, 2.24) is 10.2 Å². The minimum absolute atomic E-state index is 1.15. The summed E-state index contributed by atoms with van der Waals surface area (Å²) in [7, 11) is 0. The van der Waals surface area contributed by atoms with Gasteiger partial charge in [-0.05, 0) is 25.5 Å². The third-order valence-corrected chi connectivity index (χ3v) is 3.19. The molecule has 0 saturated heterocycles. The standard InChI is InChI=1S/C8H12N2S/c1-6-7-5-11-4-2-3-8(7)10-9-6/h2-5H2,1H3,(H,9,10). The molecule has 0 unspecified atom stereocenters. The summed E-state index contributed by atoms with van der Waals surface area (Å²) in [5.74, 6) is 2.44. The SMILES string of the molecule is Cc1n[nH]c2c1CSCCC2. The highest BCUT2D eigenvalue weighted by Crippen LogP contribution is 2.23. The molecule has 1 N–H and O–H groups in total. The highest BCUT2D eigenvalue weighted by Gasteiger charge is 2.12. The number of nitrogens with zero attached hydrogens (tertiary/aromatic N) is 1. The van der Waals surface area contributed by atoms with Crippen molar-refractivity contribution in [3.8, 4) is 0 Å². The monoisotopic (exact) mass is 168 g/mol.